The van der Waals surface area contributed by atoms with Gasteiger partial charge in [-0.25, -0.2) is 4.79 Å². The summed E-state index contributed by atoms with van der Waals surface area (Å²) < 4.78 is 0. The summed E-state index contributed by atoms with van der Waals surface area (Å²) in [6.07, 6.45) is 0. The number of carboxylic acid groups (broad SMARTS) is 1. The lowest BCUT2D eigenvalue weighted by Crippen LogP contribution is -2.15. The van der Waals surface area contributed by atoms with Crippen LogP contribution in [0, 0.1) is 20.8 Å². The number of benzene rings is 2. The molecular formula is C17H19NO2. The highest BCUT2D eigenvalue weighted by molar-refractivity contribution is 5.96. The minimum Gasteiger partial charge on any atom is -0.478 e. The Morgan fingerprint density at radius 2 is 1.50 bits per heavy atom. The molecular weight excluding hydrogens is 250 g/mol. The smallest absolute Gasteiger partial charge is 0.337 e. The molecule has 0 heterocycles. The summed E-state index contributed by atoms with van der Waals surface area (Å²) in [7, 11) is 1.90. The van der Waals surface area contributed by atoms with E-state index in [1.807, 2.05) is 57.0 Å². The van der Waals surface area contributed by atoms with Crippen LogP contribution in [0.1, 0.15) is 27.0 Å². The second-order valence-corrected chi connectivity index (χ2v) is 5.17. The quantitative estimate of drug-likeness (QED) is 0.912. The van der Waals surface area contributed by atoms with Crippen molar-refractivity contribution in [1.29, 1.82) is 0 Å². The van der Waals surface area contributed by atoms with Gasteiger partial charge in [0.1, 0.15) is 0 Å². The van der Waals surface area contributed by atoms with Crippen molar-refractivity contribution in [2.75, 3.05) is 11.9 Å². The summed E-state index contributed by atoms with van der Waals surface area (Å²) in [4.78, 5) is 13.4. The second-order valence-electron chi connectivity index (χ2n) is 5.17. The lowest BCUT2D eigenvalue weighted by atomic mass is 10.1. The maximum absolute atomic E-state index is 11.4. The second kappa shape index (κ2) is 5.37. The van der Waals surface area contributed by atoms with Crippen LogP contribution >= 0.6 is 0 Å². The summed E-state index contributed by atoms with van der Waals surface area (Å²) >= 11 is 0. The van der Waals surface area contributed by atoms with E-state index in [0.717, 1.165) is 16.8 Å². The molecule has 1 N–H and O–H groups in total. The van der Waals surface area contributed by atoms with Gasteiger partial charge in [0.2, 0.25) is 0 Å². The molecule has 0 saturated carbocycles. The number of hydrogen-bond donors (Lipinski definition) is 1. The van der Waals surface area contributed by atoms with Crippen molar-refractivity contribution in [2.24, 2.45) is 0 Å². The number of rotatable bonds is 3. The Balaban J connectivity index is 2.53. The number of aromatic carboxylic acids is 1. The normalized spacial score (nSPS) is 10.4. The zero-order valence-corrected chi connectivity index (χ0v) is 12.3. The molecule has 104 valence electrons. The molecule has 0 unspecified atom stereocenters. The first-order chi connectivity index (χ1) is 9.40. The van der Waals surface area contributed by atoms with E-state index in [-0.39, 0.29) is 0 Å². The molecule has 0 radical (unpaired) electrons. The monoisotopic (exact) mass is 269 g/mol. The highest BCUT2D eigenvalue weighted by atomic mass is 16.4. The first-order valence-electron chi connectivity index (χ1n) is 6.55. The Hall–Kier alpha value is -2.29. The summed E-state index contributed by atoms with van der Waals surface area (Å²) in [6, 6.07) is 11.7. The maximum atomic E-state index is 11.4. The summed E-state index contributed by atoms with van der Waals surface area (Å²) in [5.74, 6) is -0.902. The molecule has 0 aliphatic carbocycles. The third-order valence-corrected chi connectivity index (χ3v) is 3.46. The lowest BCUT2D eigenvalue weighted by molar-refractivity contribution is 0.0697. The van der Waals surface area contributed by atoms with Crippen molar-refractivity contribution < 1.29 is 9.90 Å². The molecule has 3 nitrogen and oxygen atoms in total. The molecule has 0 saturated heterocycles. The van der Waals surface area contributed by atoms with Crippen molar-refractivity contribution in [3.63, 3.8) is 0 Å². The van der Waals surface area contributed by atoms with Gasteiger partial charge in [0.05, 0.1) is 11.3 Å². The Bertz CT molecular complexity index is 662. The van der Waals surface area contributed by atoms with Crippen LogP contribution in [0.4, 0.5) is 11.4 Å². The number of nitrogens with zero attached hydrogens (tertiary/aromatic N) is 1. The number of hydrogen-bond acceptors (Lipinski definition) is 2. The van der Waals surface area contributed by atoms with Crippen LogP contribution in [-0.2, 0) is 0 Å². The van der Waals surface area contributed by atoms with Crippen LogP contribution in [0.3, 0.4) is 0 Å². The molecule has 0 bridgehead atoms. The van der Waals surface area contributed by atoms with Crippen molar-refractivity contribution in [3.8, 4) is 0 Å². The van der Waals surface area contributed by atoms with Crippen molar-refractivity contribution in [3.05, 3.63) is 58.7 Å². The molecule has 0 aliphatic heterocycles. The molecule has 0 spiro atoms. The molecule has 2 rings (SSSR count). The summed E-state index contributed by atoms with van der Waals surface area (Å²) in [5.41, 5.74) is 5.32. The van der Waals surface area contributed by atoms with Gasteiger partial charge in [0.15, 0.2) is 0 Å². The molecule has 0 aromatic heterocycles. The minimum absolute atomic E-state index is 0.326. The Kier molecular flexibility index (Phi) is 3.79. The van der Waals surface area contributed by atoms with Crippen molar-refractivity contribution >= 4 is 17.3 Å². The van der Waals surface area contributed by atoms with E-state index in [1.54, 1.807) is 6.07 Å². The molecule has 2 aromatic carbocycles. The predicted molar refractivity (Wildman–Crippen MR) is 82.1 cm³/mol. The third kappa shape index (κ3) is 2.67. The van der Waals surface area contributed by atoms with E-state index >= 15 is 0 Å². The van der Waals surface area contributed by atoms with E-state index < -0.39 is 5.97 Å². The highest BCUT2D eigenvalue weighted by Gasteiger charge is 2.15. The molecule has 0 fully saturated rings. The van der Waals surface area contributed by atoms with Gasteiger partial charge < -0.3 is 10.0 Å². The van der Waals surface area contributed by atoms with Crippen molar-refractivity contribution in [1.82, 2.24) is 0 Å². The summed E-state index contributed by atoms with van der Waals surface area (Å²) in [6.45, 7) is 5.98. The Morgan fingerprint density at radius 1 is 0.950 bits per heavy atom. The van der Waals surface area contributed by atoms with Crippen LogP contribution in [0.5, 0.6) is 0 Å². The fraction of sp³-hybridized carbons (Fsp3) is 0.235. The zero-order valence-electron chi connectivity index (χ0n) is 12.3. The molecule has 0 atom stereocenters. The molecule has 0 amide bonds. The molecule has 20 heavy (non-hydrogen) atoms. The SMILES string of the molecule is Cc1ccc(N(C)c2ccc(C)cc2C(=O)O)c(C)c1. The third-order valence-electron chi connectivity index (χ3n) is 3.46. The predicted octanol–water partition coefficient (Wildman–Crippen LogP) is 4.08. The van der Waals surface area contributed by atoms with E-state index in [9.17, 15) is 9.90 Å². The standard InChI is InChI=1S/C17H19NO2/c1-11-5-7-15(13(3)9-11)18(4)16-8-6-12(2)10-14(16)17(19)20/h5-10H,1-4H3,(H,19,20). The zero-order chi connectivity index (χ0) is 14.9. The maximum Gasteiger partial charge on any atom is 0.337 e. The van der Waals surface area contributed by atoms with Gasteiger partial charge in [-0.15, -0.1) is 0 Å². The van der Waals surface area contributed by atoms with E-state index in [4.69, 9.17) is 0 Å². The van der Waals surface area contributed by atoms with Gasteiger partial charge in [0, 0.05) is 12.7 Å². The van der Waals surface area contributed by atoms with Crippen LogP contribution < -0.4 is 4.90 Å². The fourth-order valence-electron chi connectivity index (χ4n) is 2.43. The van der Waals surface area contributed by atoms with Crippen LogP contribution in [0.15, 0.2) is 36.4 Å². The molecule has 3 heteroatoms. The van der Waals surface area contributed by atoms with E-state index in [1.165, 1.54) is 5.56 Å². The Morgan fingerprint density at radius 3 is 2.05 bits per heavy atom. The van der Waals surface area contributed by atoms with Gasteiger partial charge >= 0.3 is 5.97 Å². The topological polar surface area (TPSA) is 40.5 Å². The van der Waals surface area contributed by atoms with Crippen molar-refractivity contribution in [2.45, 2.75) is 20.8 Å². The fourth-order valence-corrected chi connectivity index (χ4v) is 2.43. The van der Waals surface area contributed by atoms with Gasteiger partial charge in [0.25, 0.3) is 0 Å². The lowest BCUT2D eigenvalue weighted by Gasteiger charge is -2.23. The largest absolute Gasteiger partial charge is 0.478 e. The summed E-state index contributed by atoms with van der Waals surface area (Å²) in [5, 5.41) is 9.37. The van der Waals surface area contributed by atoms with E-state index in [0.29, 0.717) is 11.3 Å². The Labute approximate surface area is 119 Å². The molecule has 0 aliphatic rings. The van der Waals surface area contributed by atoms with Gasteiger partial charge in [-0.05, 0) is 44.5 Å². The van der Waals surface area contributed by atoms with Crippen LogP contribution in [0.2, 0.25) is 0 Å². The minimum atomic E-state index is -0.902. The number of aryl methyl sites for hydroxylation is 3. The van der Waals surface area contributed by atoms with Gasteiger partial charge in [-0.1, -0.05) is 29.3 Å². The van der Waals surface area contributed by atoms with E-state index in [2.05, 4.69) is 6.07 Å². The number of anilines is 2. The first-order valence-corrected chi connectivity index (χ1v) is 6.55. The van der Waals surface area contributed by atoms with Crippen LogP contribution in [0.25, 0.3) is 0 Å². The molecule has 2 aromatic rings. The first kappa shape index (κ1) is 14.1. The van der Waals surface area contributed by atoms with Crippen LogP contribution in [-0.4, -0.2) is 18.1 Å². The van der Waals surface area contributed by atoms with Gasteiger partial charge in [-0.3, -0.25) is 0 Å². The average Bonchev–Trinajstić information content (AvgIpc) is 2.37. The highest BCUT2D eigenvalue weighted by Crippen LogP contribution is 2.30. The van der Waals surface area contributed by atoms with Gasteiger partial charge in [-0.2, -0.15) is 0 Å². The number of carbonyl (C=O) groups is 1. The number of carboxylic acids is 1. The average molecular weight is 269 g/mol.